The lowest BCUT2D eigenvalue weighted by molar-refractivity contribution is -0.105. The molecule has 1 aromatic heterocycles. The molecule has 0 radical (unpaired) electrons. The van der Waals surface area contributed by atoms with Gasteiger partial charge in [-0.1, -0.05) is 0 Å². The van der Waals surface area contributed by atoms with Crippen LogP contribution < -0.4 is 4.74 Å². The molecule has 0 amide bonds. The summed E-state index contributed by atoms with van der Waals surface area (Å²) in [6.07, 6.45) is -0.287. The van der Waals surface area contributed by atoms with Gasteiger partial charge < -0.3 is 14.2 Å². The van der Waals surface area contributed by atoms with Gasteiger partial charge in [0.15, 0.2) is 11.4 Å². The number of methoxy groups -OCH3 is 2. The maximum atomic E-state index is 5.33. The summed E-state index contributed by atoms with van der Waals surface area (Å²) in [6, 6.07) is 1.94. The monoisotopic (exact) mass is 202 g/mol. The quantitative estimate of drug-likeness (QED) is 0.686. The van der Waals surface area contributed by atoms with E-state index >= 15 is 0 Å². The van der Waals surface area contributed by atoms with E-state index in [0.29, 0.717) is 6.61 Å². The van der Waals surface area contributed by atoms with E-state index in [0.717, 1.165) is 10.6 Å². The van der Waals surface area contributed by atoms with Gasteiger partial charge in [-0.15, -0.1) is 11.3 Å². The predicted molar refractivity (Wildman–Crippen MR) is 52.2 cm³/mol. The molecule has 0 fully saturated rings. The van der Waals surface area contributed by atoms with Crippen LogP contribution in [0.1, 0.15) is 18.8 Å². The van der Waals surface area contributed by atoms with Crippen LogP contribution in [0.4, 0.5) is 0 Å². The van der Waals surface area contributed by atoms with E-state index in [1.54, 1.807) is 25.6 Å². The normalized spacial score (nSPS) is 10.8. The third-order valence-electron chi connectivity index (χ3n) is 1.58. The van der Waals surface area contributed by atoms with E-state index < -0.39 is 0 Å². The fourth-order valence-electron chi connectivity index (χ4n) is 1.04. The molecule has 0 saturated heterocycles. The number of ether oxygens (including phenoxy) is 3. The van der Waals surface area contributed by atoms with Crippen LogP contribution in [0.5, 0.6) is 5.06 Å². The Bertz CT molecular complexity index is 243. The van der Waals surface area contributed by atoms with Gasteiger partial charge in [-0.2, -0.15) is 0 Å². The number of hydrogen-bond donors (Lipinski definition) is 0. The average molecular weight is 202 g/mol. The van der Waals surface area contributed by atoms with Crippen molar-refractivity contribution in [3.8, 4) is 5.06 Å². The van der Waals surface area contributed by atoms with Gasteiger partial charge in [0.1, 0.15) is 0 Å². The van der Waals surface area contributed by atoms with Crippen molar-refractivity contribution in [3.05, 3.63) is 17.0 Å². The standard InChI is InChI=1S/C9H14O3S/c1-4-12-8-5-7(6-13-8)9(10-2)11-3/h5-6,9H,4H2,1-3H3. The van der Waals surface area contributed by atoms with Crippen LogP contribution in [0.3, 0.4) is 0 Å². The van der Waals surface area contributed by atoms with Crippen LogP contribution in [0.15, 0.2) is 11.4 Å². The lowest BCUT2D eigenvalue weighted by Gasteiger charge is -2.10. The molecule has 0 aliphatic rings. The molecule has 0 aromatic carbocycles. The Morgan fingerprint density at radius 3 is 2.62 bits per heavy atom. The second-order valence-electron chi connectivity index (χ2n) is 2.44. The van der Waals surface area contributed by atoms with Gasteiger partial charge in [-0.25, -0.2) is 0 Å². The molecule has 1 rings (SSSR count). The minimum Gasteiger partial charge on any atom is -0.484 e. The predicted octanol–water partition coefficient (Wildman–Crippen LogP) is 2.44. The summed E-state index contributed by atoms with van der Waals surface area (Å²) in [5, 5.41) is 2.87. The Labute approximate surface area is 82.2 Å². The van der Waals surface area contributed by atoms with Gasteiger partial charge in [0.05, 0.1) is 6.61 Å². The summed E-state index contributed by atoms with van der Waals surface area (Å²) in [5.74, 6) is 0. The molecule has 0 aliphatic heterocycles. The highest BCUT2D eigenvalue weighted by molar-refractivity contribution is 7.12. The van der Waals surface area contributed by atoms with Gasteiger partial charge in [0, 0.05) is 25.2 Å². The van der Waals surface area contributed by atoms with Crippen molar-refractivity contribution in [1.82, 2.24) is 0 Å². The molecule has 0 spiro atoms. The topological polar surface area (TPSA) is 27.7 Å². The molecule has 13 heavy (non-hydrogen) atoms. The van der Waals surface area contributed by atoms with Crippen molar-refractivity contribution in [2.75, 3.05) is 20.8 Å². The summed E-state index contributed by atoms with van der Waals surface area (Å²) in [5.41, 5.74) is 0.999. The first kappa shape index (κ1) is 10.5. The van der Waals surface area contributed by atoms with Crippen LogP contribution in [0.25, 0.3) is 0 Å². The molecule has 0 bridgehead atoms. The van der Waals surface area contributed by atoms with Crippen LogP contribution >= 0.6 is 11.3 Å². The molecule has 74 valence electrons. The first-order valence-corrected chi connectivity index (χ1v) is 4.96. The highest BCUT2D eigenvalue weighted by Gasteiger charge is 2.11. The van der Waals surface area contributed by atoms with Gasteiger partial charge in [0.25, 0.3) is 0 Å². The maximum absolute atomic E-state index is 5.33. The Morgan fingerprint density at radius 2 is 2.08 bits per heavy atom. The molecule has 1 heterocycles. The van der Waals surface area contributed by atoms with E-state index in [4.69, 9.17) is 14.2 Å². The van der Waals surface area contributed by atoms with E-state index in [-0.39, 0.29) is 6.29 Å². The molecule has 0 atom stereocenters. The molecular weight excluding hydrogens is 188 g/mol. The fraction of sp³-hybridized carbons (Fsp3) is 0.556. The second-order valence-corrected chi connectivity index (χ2v) is 3.31. The van der Waals surface area contributed by atoms with Gasteiger partial charge >= 0.3 is 0 Å². The van der Waals surface area contributed by atoms with E-state index in [9.17, 15) is 0 Å². The molecule has 0 saturated carbocycles. The first-order chi connectivity index (χ1) is 6.31. The summed E-state index contributed by atoms with van der Waals surface area (Å²) in [6.45, 7) is 2.65. The van der Waals surface area contributed by atoms with E-state index in [2.05, 4.69) is 0 Å². The van der Waals surface area contributed by atoms with Gasteiger partial charge in [-0.3, -0.25) is 0 Å². The van der Waals surface area contributed by atoms with E-state index in [1.165, 1.54) is 0 Å². The van der Waals surface area contributed by atoms with E-state index in [1.807, 2.05) is 18.4 Å². The molecule has 1 aromatic rings. The highest BCUT2D eigenvalue weighted by atomic mass is 32.1. The second kappa shape index (κ2) is 5.21. The van der Waals surface area contributed by atoms with Crippen LogP contribution in [0, 0.1) is 0 Å². The van der Waals surface area contributed by atoms with Crippen molar-refractivity contribution < 1.29 is 14.2 Å². The molecule has 0 unspecified atom stereocenters. The zero-order chi connectivity index (χ0) is 9.68. The molecule has 0 aliphatic carbocycles. The summed E-state index contributed by atoms with van der Waals surface area (Å²) in [7, 11) is 3.23. The zero-order valence-corrected chi connectivity index (χ0v) is 8.89. The minimum atomic E-state index is -0.287. The smallest absolute Gasteiger partial charge is 0.184 e. The average Bonchev–Trinajstić information content (AvgIpc) is 2.56. The van der Waals surface area contributed by atoms with Crippen LogP contribution in [-0.4, -0.2) is 20.8 Å². The summed E-state index contributed by atoms with van der Waals surface area (Å²) >= 11 is 1.55. The third kappa shape index (κ3) is 2.69. The van der Waals surface area contributed by atoms with Crippen LogP contribution in [0.2, 0.25) is 0 Å². The van der Waals surface area contributed by atoms with Crippen molar-refractivity contribution in [3.63, 3.8) is 0 Å². The zero-order valence-electron chi connectivity index (χ0n) is 8.07. The van der Waals surface area contributed by atoms with Crippen molar-refractivity contribution >= 4 is 11.3 Å². The number of rotatable bonds is 5. The Hall–Kier alpha value is -0.580. The molecule has 4 heteroatoms. The van der Waals surface area contributed by atoms with Crippen LogP contribution in [-0.2, 0) is 9.47 Å². The Kier molecular flexibility index (Phi) is 4.21. The first-order valence-electron chi connectivity index (χ1n) is 4.08. The molecular formula is C9H14O3S. The van der Waals surface area contributed by atoms with Crippen molar-refractivity contribution in [2.45, 2.75) is 13.2 Å². The van der Waals surface area contributed by atoms with Gasteiger partial charge in [0.2, 0.25) is 0 Å². The van der Waals surface area contributed by atoms with Crippen molar-refractivity contribution in [2.24, 2.45) is 0 Å². The summed E-state index contributed by atoms with van der Waals surface area (Å²) in [4.78, 5) is 0. The lowest BCUT2D eigenvalue weighted by atomic mass is 10.3. The molecule has 3 nitrogen and oxygen atoms in total. The minimum absolute atomic E-state index is 0.287. The Morgan fingerprint density at radius 1 is 1.38 bits per heavy atom. The maximum Gasteiger partial charge on any atom is 0.184 e. The third-order valence-corrected chi connectivity index (χ3v) is 2.44. The molecule has 0 N–H and O–H groups in total. The number of thiophene rings is 1. The lowest BCUT2D eigenvalue weighted by Crippen LogP contribution is -2.01. The fourth-order valence-corrected chi connectivity index (χ4v) is 1.86. The number of hydrogen-bond acceptors (Lipinski definition) is 4. The highest BCUT2D eigenvalue weighted by Crippen LogP contribution is 2.28. The van der Waals surface area contributed by atoms with Gasteiger partial charge in [-0.05, 0) is 13.0 Å². The SMILES string of the molecule is CCOc1cc(C(OC)OC)cs1. The largest absolute Gasteiger partial charge is 0.484 e. The summed E-state index contributed by atoms with van der Waals surface area (Å²) < 4.78 is 15.5. The Balaban J connectivity index is 2.66. The van der Waals surface area contributed by atoms with Crippen molar-refractivity contribution in [1.29, 1.82) is 0 Å².